The van der Waals surface area contributed by atoms with E-state index in [2.05, 4.69) is 220 Å². The Balaban J connectivity index is 4.14. The molecule has 0 aromatic rings. The predicted molar refractivity (Wildman–Crippen MR) is 357 cm³/mol. The zero-order valence-electron chi connectivity index (χ0n) is 51.6. The van der Waals surface area contributed by atoms with E-state index in [1.54, 1.807) is 0 Å². The van der Waals surface area contributed by atoms with Crippen LogP contribution in [0, 0.1) is 0 Å². The number of phosphoric acid groups is 1. The molecule has 0 aliphatic heterocycles. The second-order valence-corrected chi connectivity index (χ2v) is 21.3. The Hall–Kier alpha value is -5.41. The molecule has 0 aromatic heterocycles. The summed E-state index contributed by atoms with van der Waals surface area (Å²) in [4.78, 5) is 35.3. The lowest BCUT2D eigenvalue weighted by atomic mass is 10.1. The van der Waals surface area contributed by atoms with Crippen molar-refractivity contribution >= 4 is 19.8 Å². The lowest BCUT2D eigenvalue weighted by molar-refractivity contribution is -0.161. The maximum absolute atomic E-state index is 12.7. The van der Waals surface area contributed by atoms with Crippen LogP contribution in [0.5, 0.6) is 0 Å². The topological polar surface area (TPSA) is 134 Å². The van der Waals surface area contributed by atoms with Gasteiger partial charge in [0.25, 0.3) is 0 Å². The third kappa shape index (κ3) is 65.6. The molecule has 0 amide bonds. The molecule has 0 saturated heterocycles. The molecule has 2 unspecified atom stereocenters. The van der Waals surface area contributed by atoms with Crippen LogP contribution >= 0.6 is 7.82 Å². The highest BCUT2D eigenvalue weighted by atomic mass is 31.2. The van der Waals surface area contributed by atoms with Crippen molar-refractivity contribution in [2.24, 2.45) is 5.73 Å². The van der Waals surface area contributed by atoms with E-state index in [4.69, 9.17) is 24.3 Å². The fraction of sp³-hybridized carbons (Fsp3) is 0.507. The van der Waals surface area contributed by atoms with Crippen molar-refractivity contribution in [2.75, 3.05) is 26.4 Å². The number of nitrogens with two attached hydrogens (primary N) is 1. The molecular weight excluding hydrogens is 1050 g/mol. The van der Waals surface area contributed by atoms with Crippen LogP contribution in [0.2, 0.25) is 0 Å². The van der Waals surface area contributed by atoms with Crippen molar-refractivity contribution in [1.29, 1.82) is 0 Å². The van der Waals surface area contributed by atoms with Gasteiger partial charge >= 0.3 is 19.8 Å². The number of carbonyl (C=O) groups is 2. The number of rotatable bonds is 56. The van der Waals surface area contributed by atoms with Crippen molar-refractivity contribution < 1.29 is 37.6 Å². The van der Waals surface area contributed by atoms with E-state index in [1.807, 2.05) is 0 Å². The van der Waals surface area contributed by atoms with Crippen LogP contribution in [0.25, 0.3) is 0 Å². The smallest absolute Gasteiger partial charge is 0.462 e. The zero-order chi connectivity index (χ0) is 60.1. The number of ether oxygens (including phenoxy) is 2. The van der Waals surface area contributed by atoms with Gasteiger partial charge < -0.3 is 20.1 Å². The second-order valence-electron chi connectivity index (χ2n) is 19.8. The predicted octanol–water partition coefficient (Wildman–Crippen LogP) is 20.7. The van der Waals surface area contributed by atoms with Gasteiger partial charge in [-0.15, -0.1) is 0 Å². The first-order valence-electron chi connectivity index (χ1n) is 31.6. The second kappa shape index (κ2) is 65.7. The highest BCUT2D eigenvalue weighted by molar-refractivity contribution is 7.47. The number of carbonyl (C=O) groups excluding carboxylic acids is 2. The molecule has 0 aliphatic rings. The Morgan fingerprint density at radius 1 is 0.361 bits per heavy atom. The van der Waals surface area contributed by atoms with Gasteiger partial charge in [-0.3, -0.25) is 18.6 Å². The van der Waals surface area contributed by atoms with Gasteiger partial charge in [0, 0.05) is 19.4 Å². The fourth-order valence-corrected chi connectivity index (χ4v) is 8.35. The minimum absolute atomic E-state index is 0.0328. The van der Waals surface area contributed by atoms with Crippen molar-refractivity contribution in [1.82, 2.24) is 0 Å². The zero-order valence-corrected chi connectivity index (χ0v) is 52.5. The number of esters is 2. The van der Waals surface area contributed by atoms with Gasteiger partial charge in [-0.1, -0.05) is 253 Å². The van der Waals surface area contributed by atoms with Gasteiger partial charge in [0.15, 0.2) is 6.10 Å². The Morgan fingerprint density at radius 3 is 0.952 bits per heavy atom. The summed E-state index contributed by atoms with van der Waals surface area (Å²) in [5.74, 6) is -0.911. The van der Waals surface area contributed by atoms with Crippen LogP contribution in [-0.2, 0) is 32.7 Å². The number of hydrogen-bond acceptors (Lipinski definition) is 8. The number of allylic oxidation sites excluding steroid dienone is 34. The molecule has 2 atom stereocenters. The van der Waals surface area contributed by atoms with Crippen LogP contribution < -0.4 is 5.73 Å². The largest absolute Gasteiger partial charge is 0.472 e. The summed E-state index contributed by atoms with van der Waals surface area (Å²) in [7, 11) is -4.42. The summed E-state index contributed by atoms with van der Waals surface area (Å²) in [6, 6.07) is 0. The van der Waals surface area contributed by atoms with Crippen molar-refractivity contribution in [2.45, 2.75) is 213 Å². The first-order chi connectivity index (χ1) is 40.8. The third-order valence-corrected chi connectivity index (χ3v) is 13.1. The van der Waals surface area contributed by atoms with E-state index < -0.39 is 32.5 Å². The van der Waals surface area contributed by atoms with Gasteiger partial charge in [-0.05, 0) is 148 Å². The van der Waals surface area contributed by atoms with E-state index in [0.29, 0.717) is 12.8 Å². The first kappa shape index (κ1) is 77.6. The molecule has 0 aromatic carbocycles. The van der Waals surface area contributed by atoms with Crippen molar-refractivity contribution in [3.63, 3.8) is 0 Å². The molecule has 3 N–H and O–H groups in total. The maximum Gasteiger partial charge on any atom is 0.472 e. The summed E-state index contributed by atoms with van der Waals surface area (Å²) < 4.78 is 33.0. The Kier molecular flexibility index (Phi) is 61.5. The standard InChI is InChI=1S/C73H112NO8P/c1-3-5-7-9-11-13-15-17-19-21-23-25-27-29-31-32-33-34-35-36-37-38-40-42-44-46-48-50-52-54-56-58-60-62-64-66-73(76)82-71(70-81-83(77,78)80-68-67-74)69-79-72(75)65-63-61-59-57-55-53-51-49-47-45-43-41-39-30-28-26-24-22-20-18-16-14-12-10-8-6-4-2/h5-8,11-14,17-20,23-26,29-31,33-34,36-37,39-40,42-43,45-46,48-49,51,55,57,71H,3-4,9-10,15-16,21-22,27-28,32,35,38,41,44,47,50,52-54,56,58-70,74H2,1-2H3,(H,77,78)/b7-5-,8-6-,13-11-,14-12-,19-17-,20-18-,25-23-,26-24-,31-29-,34-33-,37-36-,39-30-,42-40-,45-43-,48-46-,51-49-,57-55-. The molecular formula is C73H112NO8P. The molecule has 10 heteroatoms. The lowest BCUT2D eigenvalue weighted by Crippen LogP contribution is -2.29. The van der Waals surface area contributed by atoms with E-state index in [-0.39, 0.29) is 32.6 Å². The summed E-state index contributed by atoms with van der Waals surface area (Å²) in [6.45, 7) is 3.42. The highest BCUT2D eigenvalue weighted by Gasteiger charge is 2.26. The van der Waals surface area contributed by atoms with Gasteiger partial charge in [-0.25, -0.2) is 4.57 Å². The summed E-state index contributed by atoms with van der Waals surface area (Å²) in [5.41, 5.74) is 5.38. The average molecular weight is 1160 g/mol. The molecule has 0 bridgehead atoms. The molecule has 462 valence electrons. The number of phosphoric ester groups is 1. The molecule has 0 heterocycles. The molecule has 0 saturated carbocycles. The van der Waals surface area contributed by atoms with E-state index in [0.717, 1.165) is 154 Å². The summed E-state index contributed by atoms with van der Waals surface area (Å²) >= 11 is 0. The molecule has 0 aliphatic carbocycles. The fourth-order valence-electron chi connectivity index (χ4n) is 7.58. The quantitative estimate of drug-likeness (QED) is 0.0264. The van der Waals surface area contributed by atoms with Crippen LogP contribution in [0.3, 0.4) is 0 Å². The SMILES string of the molecule is CC/C=C\C/C=C\C/C=C\C/C=C\C/C=C\C/C=C\C/C=C\C/C=C\C/C=C\CCCCCCCCCC(=O)OC(COC(=O)CCCC/C=C\C/C=C\C/C=C\C/C=C\C/C=C\C/C=C\C/C=C\C/C=C\CC)COP(=O)(O)OCCN. The maximum atomic E-state index is 12.7. The number of unbranched alkanes of at least 4 members (excludes halogenated alkanes) is 9. The normalized spacial score (nSPS) is 14.4. The van der Waals surface area contributed by atoms with Crippen LogP contribution in [0.15, 0.2) is 207 Å². The van der Waals surface area contributed by atoms with Gasteiger partial charge in [0.2, 0.25) is 0 Å². The van der Waals surface area contributed by atoms with Crippen LogP contribution in [0.4, 0.5) is 0 Å². The van der Waals surface area contributed by atoms with Crippen molar-refractivity contribution in [3.05, 3.63) is 207 Å². The first-order valence-corrected chi connectivity index (χ1v) is 33.1. The minimum atomic E-state index is -4.42. The van der Waals surface area contributed by atoms with E-state index in [1.165, 1.54) is 12.8 Å². The molecule has 0 rings (SSSR count). The lowest BCUT2D eigenvalue weighted by Gasteiger charge is -2.19. The molecule has 9 nitrogen and oxygen atoms in total. The van der Waals surface area contributed by atoms with Crippen molar-refractivity contribution in [3.8, 4) is 0 Å². The van der Waals surface area contributed by atoms with E-state index >= 15 is 0 Å². The summed E-state index contributed by atoms with van der Waals surface area (Å²) in [5, 5.41) is 0. The van der Waals surface area contributed by atoms with E-state index in [9.17, 15) is 19.0 Å². The molecule has 0 fully saturated rings. The van der Waals surface area contributed by atoms with Crippen LogP contribution in [0.1, 0.15) is 206 Å². The van der Waals surface area contributed by atoms with Gasteiger partial charge in [0.05, 0.1) is 13.2 Å². The van der Waals surface area contributed by atoms with Crippen LogP contribution in [-0.4, -0.2) is 49.3 Å². The molecule has 0 radical (unpaired) electrons. The Bertz CT molecular complexity index is 2110. The highest BCUT2D eigenvalue weighted by Crippen LogP contribution is 2.43. The molecule has 0 spiro atoms. The van der Waals surface area contributed by atoms with Gasteiger partial charge in [0.1, 0.15) is 6.61 Å². The third-order valence-electron chi connectivity index (χ3n) is 12.2. The Morgan fingerprint density at radius 2 is 0.627 bits per heavy atom. The van der Waals surface area contributed by atoms with Gasteiger partial charge in [-0.2, -0.15) is 0 Å². The monoisotopic (exact) mass is 1160 g/mol. The Labute approximate surface area is 506 Å². The summed E-state index contributed by atoms with van der Waals surface area (Å²) in [6.07, 6.45) is 102. The average Bonchev–Trinajstić information content (AvgIpc) is 3.48. The molecule has 83 heavy (non-hydrogen) atoms. The number of hydrogen-bond donors (Lipinski definition) is 2. The minimum Gasteiger partial charge on any atom is -0.462 e.